The molecule has 60 heavy (non-hydrogen) atoms. The quantitative estimate of drug-likeness (QED) is 0.0301. The van der Waals surface area contributed by atoms with Gasteiger partial charge in [-0.3, -0.25) is 24.4 Å². The SMILES string of the molecule is CC[C@H](C)[C@H](NC(=O)[C@H](Cc1ccc(O)cc1)NC(=O)c1[nH]c2ccc(OCCCCCN=C(N)N)cc2c1CCCCCCN=C(N)N)C(=O)N[C@@H](CC(C)C)C(=O)O. The van der Waals surface area contributed by atoms with Crippen molar-refractivity contribution in [1.29, 1.82) is 0 Å². The number of hydrogen-bond donors (Lipinski definition) is 10. The fraction of sp³-hybridized carbons (Fsp3) is 0.535. The third-order valence-electron chi connectivity index (χ3n) is 10.2. The minimum atomic E-state index is -1.17. The molecule has 0 aliphatic heterocycles. The van der Waals surface area contributed by atoms with E-state index in [2.05, 4.69) is 30.9 Å². The summed E-state index contributed by atoms with van der Waals surface area (Å²) in [7, 11) is 0. The molecule has 3 rings (SSSR count). The van der Waals surface area contributed by atoms with E-state index in [1.165, 1.54) is 12.1 Å². The lowest BCUT2D eigenvalue weighted by Crippen LogP contribution is -2.58. The normalized spacial score (nSPS) is 13.2. The number of nitrogens with one attached hydrogen (secondary N) is 4. The summed E-state index contributed by atoms with van der Waals surface area (Å²) in [4.78, 5) is 65.6. The van der Waals surface area contributed by atoms with E-state index in [0.717, 1.165) is 61.4 Å². The Kier molecular flexibility index (Phi) is 20.0. The van der Waals surface area contributed by atoms with Gasteiger partial charge in [0.25, 0.3) is 5.91 Å². The fourth-order valence-electron chi connectivity index (χ4n) is 6.75. The number of amides is 3. The first-order chi connectivity index (χ1) is 28.6. The van der Waals surface area contributed by atoms with Crippen LogP contribution in [0.4, 0.5) is 0 Å². The number of hydrogen-bond acceptors (Lipinski definition) is 8. The summed E-state index contributed by atoms with van der Waals surface area (Å²) in [6, 6.07) is 8.51. The standard InChI is InChI=1S/C43H66N10O7/c1-5-27(4)36(39(56)52-35(41(58)59)23-26(2)3)53-38(55)34(24-28-14-16-29(54)17-15-28)51-40(57)37-31(13-9-6-7-10-20-48-42(44)45)32-25-30(18-19-33(32)50-37)60-22-12-8-11-21-49-43(46)47/h14-19,25-27,34-36,50,54H,5-13,20-24H2,1-4H3,(H,51,57)(H,52,56)(H,53,55)(H,58,59)(H4,44,45,48)(H4,46,47,49)/t27-,34-,35-,36-/m0/s1. The highest BCUT2D eigenvalue weighted by Crippen LogP contribution is 2.29. The average molecular weight is 835 g/mol. The minimum Gasteiger partial charge on any atom is -0.508 e. The van der Waals surface area contributed by atoms with Crippen LogP contribution in [0, 0.1) is 11.8 Å². The molecule has 2 aromatic carbocycles. The summed E-state index contributed by atoms with van der Waals surface area (Å²) in [5.74, 6) is -2.50. The largest absolute Gasteiger partial charge is 0.508 e. The van der Waals surface area contributed by atoms with E-state index < -0.39 is 41.8 Å². The van der Waals surface area contributed by atoms with Crippen LogP contribution in [-0.4, -0.2) is 88.6 Å². The van der Waals surface area contributed by atoms with Crippen LogP contribution in [0.15, 0.2) is 52.4 Å². The first-order valence-electron chi connectivity index (χ1n) is 20.9. The van der Waals surface area contributed by atoms with E-state index >= 15 is 0 Å². The Morgan fingerprint density at radius 3 is 2.02 bits per heavy atom. The number of aromatic amines is 1. The maximum Gasteiger partial charge on any atom is 0.326 e. The van der Waals surface area contributed by atoms with Gasteiger partial charge < -0.3 is 58.8 Å². The lowest BCUT2D eigenvalue weighted by atomic mass is 9.96. The van der Waals surface area contributed by atoms with Crippen LogP contribution in [-0.2, 0) is 27.2 Å². The van der Waals surface area contributed by atoms with Gasteiger partial charge in [-0.25, -0.2) is 4.79 Å². The summed E-state index contributed by atoms with van der Waals surface area (Å²) in [5, 5.41) is 28.9. The summed E-state index contributed by atoms with van der Waals surface area (Å²) in [6.07, 6.45) is 7.10. The van der Waals surface area contributed by atoms with E-state index in [9.17, 15) is 29.4 Å². The van der Waals surface area contributed by atoms with Gasteiger partial charge >= 0.3 is 5.97 Å². The van der Waals surface area contributed by atoms with Crippen LogP contribution in [0.1, 0.15) is 107 Å². The Morgan fingerprint density at radius 1 is 0.783 bits per heavy atom. The number of phenolic OH excluding ortho intramolecular Hbond substituents is 1. The number of aliphatic carboxylic acids is 1. The third-order valence-corrected chi connectivity index (χ3v) is 10.2. The van der Waals surface area contributed by atoms with Gasteiger partial charge in [-0.05, 0) is 98.2 Å². The van der Waals surface area contributed by atoms with Gasteiger partial charge in [0, 0.05) is 30.4 Å². The number of aromatic nitrogens is 1. The molecule has 3 aromatic rings. The molecule has 0 spiro atoms. The number of aliphatic imine (C=N–C) groups is 2. The zero-order valence-electron chi connectivity index (χ0n) is 35.5. The zero-order valence-corrected chi connectivity index (χ0v) is 35.5. The Labute approximate surface area is 352 Å². The molecular formula is C43H66N10O7. The smallest absolute Gasteiger partial charge is 0.326 e. The molecule has 0 aliphatic rings. The molecule has 0 saturated carbocycles. The van der Waals surface area contributed by atoms with Gasteiger partial charge in [-0.2, -0.15) is 0 Å². The Balaban J connectivity index is 1.92. The molecule has 0 unspecified atom stereocenters. The molecule has 0 radical (unpaired) electrons. The third kappa shape index (κ3) is 16.3. The first kappa shape index (κ1) is 48.4. The van der Waals surface area contributed by atoms with Gasteiger partial charge in [-0.15, -0.1) is 0 Å². The molecular weight excluding hydrogens is 769 g/mol. The second kappa shape index (κ2) is 24.8. The lowest BCUT2D eigenvalue weighted by molar-refractivity contribution is -0.143. The van der Waals surface area contributed by atoms with Crippen molar-refractivity contribution in [2.75, 3.05) is 19.7 Å². The van der Waals surface area contributed by atoms with Crippen LogP contribution in [0.3, 0.4) is 0 Å². The number of carboxylic acids is 1. The molecule has 1 aromatic heterocycles. The highest BCUT2D eigenvalue weighted by Gasteiger charge is 2.33. The van der Waals surface area contributed by atoms with E-state index in [1.54, 1.807) is 19.1 Å². The molecule has 0 aliphatic carbocycles. The topological polar surface area (TPSA) is 299 Å². The number of aryl methyl sites for hydroxylation is 1. The lowest BCUT2D eigenvalue weighted by Gasteiger charge is -2.28. The molecule has 17 heteroatoms. The number of unbranched alkanes of at least 4 members (excludes halogenated alkanes) is 5. The number of nitrogens with zero attached hydrogens (tertiary/aromatic N) is 2. The number of rotatable bonds is 27. The second-order valence-corrected chi connectivity index (χ2v) is 15.7. The van der Waals surface area contributed by atoms with Crippen molar-refractivity contribution in [3.63, 3.8) is 0 Å². The molecule has 1 heterocycles. The Hall–Kier alpha value is -6.00. The predicted molar refractivity (Wildman–Crippen MR) is 235 cm³/mol. The van der Waals surface area contributed by atoms with Crippen molar-refractivity contribution in [2.45, 2.75) is 116 Å². The maximum atomic E-state index is 14.4. The van der Waals surface area contributed by atoms with Gasteiger partial charge in [0.15, 0.2) is 11.9 Å². The van der Waals surface area contributed by atoms with Crippen molar-refractivity contribution in [3.8, 4) is 11.5 Å². The van der Waals surface area contributed by atoms with E-state index in [0.29, 0.717) is 49.5 Å². The Bertz CT molecular complexity index is 1900. The molecule has 4 atom stereocenters. The number of ether oxygens (including phenoxy) is 1. The number of benzene rings is 2. The first-order valence-corrected chi connectivity index (χ1v) is 20.9. The molecule has 330 valence electrons. The van der Waals surface area contributed by atoms with E-state index in [1.807, 2.05) is 39.0 Å². The van der Waals surface area contributed by atoms with E-state index in [-0.39, 0.29) is 42.3 Å². The van der Waals surface area contributed by atoms with Crippen LogP contribution < -0.4 is 43.6 Å². The highest BCUT2D eigenvalue weighted by atomic mass is 16.5. The number of fused-ring (bicyclic) bond motifs is 1. The molecule has 14 N–H and O–H groups in total. The number of carbonyl (C=O) groups excluding carboxylic acids is 3. The van der Waals surface area contributed by atoms with Crippen molar-refractivity contribution in [2.24, 2.45) is 44.8 Å². The summed E-state index contributed by atoms with van der Waals surface area (Å²) < 4.78 is 6.10. The number of guanidine groups is 2. The van der Waals surface area contributed by atoms with Gasteiger partial charge in [0.05, 0.1) is 6.61 Å². The second-order valence-electron chi connectivity index (χ2n) is 15.7. The van der Waals surface area contributed by atoms with Gasteiger partial charge in [0.2, 0.25) is 11.8 Å². The summed E-state index contributed by atoms with van der Waals surface area (Å²) in [5.41, 5.74) is 24.2. The fourth-order valence-corrected chi connectivity index (χ4v) is 6.75. The number of aromatic hydroxyl groups is 1. The van der Waals surface area contributed by atoms with E-state index in [4.69, 9.17) is 27.7 Å². The van der Waals surface area contributed by atoms with Gasteiger partial charge in [0.1, 0.15) is 35.3 Å². The minimum absolute atomic E-state index is 0.00354. The number of nitrogens with two attached hydrogens (primary N) is 4. The summed E-state index contributed by atoms with van der Waals surface area (Å²) in [6.45, 7) is 8.94. The van der Waals surface area contributed by atoms with Crippen LogP contribution in [0.25, 0.3) is 10.9 Å². The molecule has 0 fully saturated rings. The average Bonchev–Trinajstić information content (AvgIpc) is 3.56. The monoisotopic (exact) mass is 835 g/mol. The molecule has 0 saturated heterocycles. The van der Waals surface area contributed by atoms with Crippen molar-refractivity contribution in [1.82, 2.24) is 20.9 Å². The van der Waals surface area contributed by atoms with Crippen LogP contribution in [0.5, 0.6) is 11.5 Å². The number of carboxylic acid groups (broad SMARTS) is 1. The van der Waals surface area contributed by atoms with Crippen molar-refractivity contribution in [3.05, 3.63) is 59.3 Å². The van der Waals surface area contributed by atoms with Gasteiger partial charge in [-0.1, -0.05) is 59.1 Å². The van der Waals surface area contributed by atoms with Crippen LogP contribution >= 0.6 is 0 Å². The number of H-pyrrole nitrogens is 1. The highest BCUT2D eigenvalue weighted by molar-refractivity contribution is 6.03. The Morgan fingerprint density at radius 2 is 1.42 bits per heavy atom. The molecule has 17 nitrogen and oxygen atoms in total. The van der Waals surface area contributed by atoms with Crippen LogP contribution in [0.2, 0.25) is 0 Å². The number of phenols is 1. The molecule has 3 amide bonds. The van der Waals surface area contributed by atoms with Crippen molar-refractivity contribution < 1.29 is 34.1 Å². The molecule has 0 bridgehead atoms. The predicted octanol–water partition coefficient (Wildman–Crippen LogP) is 3.56. The summed E-state index contributed by atoms with van der Waals surface area (Å²) >= 11 is 0. The number of carbonyl (C=O) groups is 4. The zero-order chi connectivity index (χ0) is 44.2. The van der Waals surface area contributed by atoms with Crippen molar-refractivity contribution >= 4 is 46.5 Å². The maximum absolute atomic E-state index is 14.4.